The molecule has 164 valence electrons. The molecule has 0 amide bonds. The number of nitrogens with zero attached hydrogens (tertiary/aromatic N) is 3. The Labute approximate surface area is 183 Å². The van der Waals surface area contributed by atoms with Crippen molar-refractivity contribution in [2.75, 3.05) is 38.5 Å². The summed E-state index contributed by atoms with van der Waals surface area (Å²) < 4.78 is 0. The molecule has 2 heterocycles. The Bertz CT molecular complexity index is 537. The molecule has 0 bridgehead atoms. The zero-order valence-corrected chi connectivity index (χ0v) is 21.1. The highest BCUT2D eigenvalue weighted by Crippen LogP contribution is 2.39. The Morgan fingerprint density at radius 3 is 2.32 bits per heavy atom. The summed E-state index contributed by atoms with van der Waals surface area (Å²) in [6, 6.07) is 0. The van der Waals surface area contributed by atoms with Crippen LogP contribution in [0.15, 0.2) is 4.99 Å². The van der Waals surface area contributed by atoms with Crippen LogP contribution in [0.25, 0.3) is 0 Å². The van der Waals surface area contributed by atoms with Crippen LogP contribution in [0, 0.1) is 10.8 Å². The van der Waals surface area contributed by atoms with Gasteiger partial charge in [-0.25, -0.2) is 4.79 Å². The van der Waals surface area contributed by atoms with Crippen LogP contribution in [-0.2, 0) is 9.63 Å². The van der Waals surface area contributed by atoms with Gasteiger partial charge in [0, 0.05) is 54.2 Å². The first kappa shape index (κ1) is 24.2. The van der Waals surface area contributed by atoms with Gasteiger partial charge in [-0.3, -0.25) is 9.89 Å². The van der Waals surface area contributed by atoms with Crippen molar-refractivity contribution in [3.63, 3.8) is 0 Å². The molecule has 1 fully saturated rings. The summed E-state index contributed by atoms with van der Waals surface area (Å²) in [7, 11) is -0.174. The molecule has 0 N–H and O–H groups in total. The molecule has 28 heavy (non-hydrogen) atoms. The number of carbonyl (C=O) groups is 1. The second-order valence-corrected chi connectivity index (χ2v) is 13.9. The predicted octanol–water partition coefficient (Wildman–Crippen LogP) is 4.46. The van der Waals surface area contributed by atoms with E-state index in [1.54, 1.807) is 0 Å². The molecule has 3 unspecified atom stereocenters. The van der Waals surface area contributed by atoms with Crippen molar-refractivity contribution in [1.82, 2.24) is 9.96 Å². The SMILES string of the molecule is CC(C)(C)CCC(Br)CC(N1CCN(OC(=O)C(C)(C)C)CC1)[SH]1C=NCC1. The zero-order chi connectivity index (χ0) is 20.9. The standard InChI is InChI=1S/C21H40BrN3O2S/c1-20(2,3)8-7-17(22)15-18(28-14-9-23-16-28)24-10-12-25(13-11-24)27-19(26)21(4,5)6/h16-18,28H,7-15H2,1-6H3. The van der Waals surface area contributed by atoms with E-state index in [9.17, 15) is 4.79 Å². The van der Waals surface area contributed by atoms with Crippen molar-refractivity contribution in [2.24, 2.45) is 15.8 Å². The number of hydroxylamine groups is 2. The number of halogens is 1. The van der Waals surface area contributed by atoms with Crippen LogP contribution in [0.4, 0.5) is 0 Å². The Kier molecular flexibility index (Phi) is 8.86. The van der Waals surface area contributed by atoms with Crippen LogP contribution in [0.2, 0.25) is 0 Å². The molecule has 0 aromatic heterocycles. The topological polar surface area (TPSA) is 45.1 Å². The number of hydrogen-bond donors (Lipinski definition) is 1. The van der Waals surface area contributed by atoms with Crippen molar-refractivity contribution in [2.45, 2.75) is 71.0 Å². The lowest BCUT2D eigenvalue weighted by molar-refractivity contribution is -0.207. The van der Waals surface area contributed by atoms with Gasteiger partial charge in [0.2, 0.25) is 0 Å². The third-order valence-corrected chi connectivity index (χ3v) is 8.60. The second-order valence-electron chi connectivity index (χ2n) is 10.3. The molecule has 3 atom stereocenters. The van der Waals surface area contributed by atoms with E-state index in [-0.39, 0.29) is 16.9 Å². The molecule has 0 spiro atoms. The highest BCUT2D eigenvalue weighted by Gasteiger charge is 2.33. The van der Waals surface area contributed by atoms with Crippen LogP contribution in [0.3, 0.4) is 0 Å². The summed E-state index contributed by atoms with van der Waals surface area (Å²) in [6.07, 6.45) is 3.62. The van der Waals surface area contributed by atoms with Crippen molar-refractivity contribution >= 4 is 38.3 Å². The van der Waals surface area contributed by atoms with E-state index in [0.29, 0.717) is 15.6 Å². The smallest absolute Gasteiger partial charge is 0.330 e. The largest absolute Gasteiger partial charge is 0.367 e. The van der Waals surface area contributed by atoms with Crippen LogP contribution < -0.4 is 0 Å². The number of aliphatic imine (C=N–C) groups is 1. The third-order valence-electron chi connectivity index (χ3n) is 5.29. The maximum Gasteiger partial charge on any atom is 0.330 e. The number of thiol groups is 1. The number of rotatable bonds is 7. The van der Waals surface area contributed by atoms with Crippen molar-refractivity contribution in [3.8, 4) is 0 Å². The fraction of sp³-hybridized carbons (Fsp3) is 0.905. The van der Waals surface area contributed by atoms with E-state index in [2.05, 4.69) is 52.1 Å². The van der Waals surface area contributed by atoms with Crippen LogP contribution >= 0.6 is 26.8 Å². The number of hydrogen-bond acceptors (Lipinski definition) is 5. The van der Waals surface area contributed by atoms with E-state index < -0.39 is 5.41 Å². The molecule has 7 heteroatoms. The monoisotopic (exact) mass is 477 g/mol. The molecule has 0 saturated carbocycles. The molecule has 2 rings (SSSR count). The molecule has 5 nitrogen and oxygen atoms in total. The maximum absolute atomic E-state index is 12.2. The lowest BCUT2D eigenvalue weighted by atomic mass is 9.89. The van der Waals surface area contributed by atoms with Gasteiger partial charge in [0.15, 0.2) is 0 Å². The van der Waals surface area contributed by atoms with Gasteiger partial charge in [-0.05, 0) is 45.4 Å². The molecular formula is C21H40BrN3O2S. The Hall–Kier alpha value is -0.110. The van der Waals surface area contributed by atoms with Crippen LogP contribution in [0.1, 0.15) is 60.8 Å². The summed E-state index contributed by atoms with van der Waals surface area (Å²) >= 11 is 3.97. The maximum atomic E-state index is 12.2. The summed E-state index contributed by atoms with van der Waals surface area (Å²) in [4.78, 5) is 25.5. The number of piperazine rings is 1. The molecule has 2 aliphatic rings. The molecule has 2 aliphatic heterocycles. The second kappa shape index (κ2) is 10.3. The summed E-state index contributed by atoms with van der Waals surface area (Å²) in [5.74, 6) is 1.07. The molecule has 0 aliphatic carbocycles. The summed E-state index contributed by atoms with van der Waals surface area (Å²) in [5, 5.41) is 2.42. The highest BCUT2D eigenvalue weighted by molar-refractivity contribution is 9.09. The number of alkyl halides is 1. The summed E-state index contributed by atoms with van der Waals surface area (Å²) in [5.41, 5.74) is 2.17. The van der Waals surface area contributed by atoms with Crippen LogP contribution in [0.5, 0.6) is 0 Å². The zero-order valence-electron chi connectivity index (χ0n) is 18.6. The molecule has 1 saturated heterocycles. The minimum Gasteiger partial charge on any atom is -0.367 e. The van der Waals surface area contributed by atoms with E-state index in [1.807, 2.05) is 25.8 Å². The van der Waals surface area contributed by atoms with Crippen molar-refractivity contribution in [3.05, 3.63) is 0 Å². The van der Waals surface area contributed by atoms with Gasteiger partial charge in [0.05, 0.1) is 5.41 Å². The van der Waals surface area contributed by atoms with Gasteiger partial charge in [-0.1, -0.05) is 36.7 Å². The van der Waals surface area contributed by atoms with Crippen molar-refractivity contribution in [1.29, 1.82) is 0 Å². The average Bonchev–Trinajstić information content (AvgIpc) is 3.11. The molecular weight excluding hydrogens is 438 g/mol. The fourth-order valence-corrected chi connectivity index (χ4v) is 6.68. The Morgan fingerprint density at radius 2 is 1.82 bits per heavy atom. The summed E-state index contributed by atoms with van der Waals surface area (Å²) in [6.45, 7) is 17.1. The van der Waals surface area contributed by atoms with E-state index in [4.69, 9.17) is 4.84 Å². The quantitative estimate of drug-likeness (QED) is 0.434. The van der Waals surface area contributed by atoms with Crippen molar-refractivity contribution < 1.29 is 9.63 Å². The van der Waals surface area contributed by atoms with Gasteiger partial charge in [0.1, 0.15) is 0 Å². The molecule has 0 aromatic rings. The molecule has 0 aromatic carbocycles. The highest BCUT2D eigenvalue weighted by atomic mass is 79.9. The first-order chi connectivity index (χ1) is 13.0. The van der Waals surface area contributed by atoms with Crippen LogP contribution in [-0.4, -0.2) is 70.2 Å². The minimum atomic E-state index is -0.459. The normalized spacial score (nSPS) is 25.6. The minimum absolute atomic E-state index is 0.146. The fourth-order valence-electron chi connectivity index (χ4n) is 3.40. The lowest BCUT2D eigenvalue weighted by Gasteiger charge is -2.42. The Balaban J connectivity index is 1.90. The van der Waals surface area contributed by atoms with Gasteiger partial charge in [-0.15, -0.1) is 5.06 Å². The van der Waals surface area contributed by atoms with Gasteiger partial charge >= 0.3 is 5.97 Å². The molecule has 0 radical (unpaired) electrons. The average molecular weight is 479 g/mol. The van der Waals surface area contributed by atoms with Gasteiger partial charge in [0.25, 0.3) is 0 Å². The number of carbonyl (C=O) groups excluding carboxylic acids is 1. The van der Waals surface area contributed by atoms with Gasteiger partial charge in [-0.2, -0.15) is 10.9 Å². The Morgan fingerprint density at radius 1 is 1.18 bits per heavy atom. The van der Waals surface area contributed by atoms with Gasteiger partial charge < -0.3 is 4.84 Å². The first-order valence-corrected chi connectivity index (χ1v) is 13.1. The first-order valence-electron chi connectivity index (χ1n) is 10.6. The van der Waals surface area contributed by atoms with E-state index in [1.165, 1.54) is 25.0 Å². The lowest BCUT2D eigenvalue weighted by Crippen LogP contribution is -2.51. The van der Waals surface area contributed by atoms with E-state index >= 15 is 0 Å². The third kappa shape index (κ3) is 7.96. The predicted molar refractivity (Wildman–Crippen MR) is 126 cm³/mol. The van der Waals surface area contributed by atoms with E-state index in [0.717, 1.165) is 32.7 Å².